The van der Waals surface area contributed by atoms with E-state index in [1.54, 1.807) is 25.1 Å². The Hall–Kier alpha value is -1.79. The van der Waals surface area contributed by atoms with Crippen LogP contribution in [0.5, 0.6) is 6.01 Å². The molecule has 1 aliphatic rings. The van der Waals surface area contributed by atoms with Gasteiger partial charge in [-0.15, -0.1) is 5.10 Å². The molecule has 0 radical (unpaired) electrons. The minimum Gasteiger partial charge on any atom is -0.449 e. The molecule has 0 spiro atoms. The van der Waals surface area contributed by atoms with Gasteiger partial charge in [-0.2, -0.15) is 4.98 Å². The summed E-state index contributed by atoms with van der Waals surface area (Å²) in [5, 5.41) is 8.25. The smallest absolute Gasteiger partial charge is 0.336 e. The van der Waals surface area contributed by atoms with Crippen molar-refractivity contribution in [1.82, 2.24) is 20.1 Å². The molecule has 1 N–H and O–H groups in total. The molecule has 134 valence electrons. The van der Waals surface area contributed by atoms with E-state index in [0.717, 1.165) is 25.7 Å². The molecular weight excluding hydrogens is 363 g/mol. The average Bonchev–Trinajstić information content (AvgIpc) is 3.03. The fourth-order valence-electron chi connectivity index (χ4n) is 2.87. The molecule has 0 saturated heterocycles. The van der Waals surface area contributed by atoms with E-state index in [9.17, 15) is 4.79 Å². The molecule has 1 unspecified atom stereocenters. The zero-order valence-corrected chi connectivity index (χ0v) is 15.4. The lowest BCUT2D eigenvalue weighted by Crippen LogP contribution is -2.43. The van der Waals surface area contributed by atoms with E-state index in [2.05, 4.69) is 15.4 Å². The number of nitrogens with zero attached hydrogens (tertiary/aromatic N) is 3. The highest BCUT2D eigenvalue weighted by atomic mass is 35.5. The van der Waals surface area contributed by atoms with Crippen molar-refractivity contribution in [3.63, 3.8) is 0 Å². The van der Waals surface area contributed by atoms with Crippen molar-refractivity contribution in [2.45, 2.75) is 51.2 Å². The number of ether oxygens (including phenoxy) is 1. The maximum absolute atomic E-state index is 12.2. The molecule has 0 aliphatic heterocycles. The monoisotopic (exact) mass is 382 g/mol. The van der Waals surface area contributed by atoms with Gasteiger partial charge in [0.25, 0.3) is 5.91 Å². The van der Waals surface area contributed by atoms with Gasteiger partial charge < -0.3 is 10.1 Å². The predicted molar refractivity (Wildman–Crippen MR) is 96.5 cm³/mol. The molecule has 6 nitrogen and oxygen atoms in total. The number of carbonyl (C=O) groups excluding carboxylic acids is 1. The van der Waals surface area contributed by atoms with E-state index in [0.29, 0.717) is 15.7 Å². The Balaban J connectivity index is 1.61. The molecular formula is C17H20Cl2N4O2. The number of hydrogen-bond donors (Lipinski definition) is 1. The molecule has 0 bridgehead atoms. The van der Waals surface area contributed by atoms with E-state index in [1.807, 2.05) is 0 Å². The van der Waals surface area contributed by atoms with Crippen molar-refractivity contribution in [1.29, 1.82) is 0 Å². The summed E-state index contributed by atoms with van der Waals surface area (Å²) in [6.07, 6.45) is 6.45. The van der Waals surface area contributed by atoms with Crippen LogP contribution in [0.1, 0.15) is 39.0 Å². The Labute approximate surface area is 156 Å². The molecule has 1 heterocycles. The van der Waals surface area contributed by atoms with Crippen LogP contribution in [0.3, 0.4) is 0 Å². The summed E-state index contributed by atoms with van der Waals surface area (Å²) in [4.78, 5) is 16.3. The van der Waals surface area contributed by atoms with E-state index in [4.69, 9.17) is 27.9 Å². The number of carbonyl (C=O) groups is 1. The summed E-state index contributed by atoms with van der Waals surface area (Å²) < 4.78 is 7.06. The molecule has 1 fully saturated rings. The van der Waals surface area contributed by atoms with Gasteiger partial charge >= 0.3 is 6.01 Å². The van der Waals surface area contributed by atoms with Gasteiger partial charge in [-0.1, -0.05) is 42.5 Å². The predicted octanol–water partition coefficient (Wildman–Crippen LogP) is 3.79. The summed E-state index contributed by atoms with van der Waals surface area (Å²) in [6.45, 7) is 1.69. The second kappa shape index (κ2) is 8.06. The Morgan fingerprint density at radius 3 is 2.60 bits per heavy atom. The lowest BCUT2D eigenvalue weighted by atomic mass is 9.95. The maximum Gasteiger partial charge on any atom is 0.336 e. The molecule has 1 saturated carbocycles. The standard InChI is InChI=1S/C17H20Cl2N4O2/c1-11(16(24)21-14-5-3-2-4-6-14)25-17-20-10-23(22-17)15-8-12(18)7-13(19)9-15/h7-11,14H,2-6H2,1H3,(H,21,24). The lowest BCUT2D eigenvalue weighted by Gasteiger charge is -2.24. The number of hydrogen-bond acceptors (Lipinski definition) is 4. The van der Waals surface area contributed by atoms with Crippen molar-refractivity contribution in [3.05, 3.63) is 34.6 Å². The minimum absolute atomic E-state index is 0.127. The van der Waals surface area contributed by atoms with Crippen LogP contribution in [-0.2, 0) is 4.79 Å². The first-order chi connectivity index (χ1) is 12.0. The summed E-state index contributed by atoms with van der Waals surface area (Å²) in [5.74, 6) is -0.144. The van der Waals surface area contributed by atoms with Gasteiger partial charge in [-0.25, -0.2) is 4.68 Å². The van der Waals surface area contributed by atoms with E-state index < -0.39 is 6.10 Å². The Morgan fingerprint density at radius 1 is 1.24 bits per heavy atom. The fourth-order valence-corrected chi connectivity index (χ4v) is 3.39. The third-order valence-electron chi connectivity index (χ3n) is 4.19. The quantitative estimate of drug-likeness (QED) is 0.853. The number of amides is 1. The van der Waals surface area contributed by atoms with Crippen LogP contribution in [0.2, 0.25) is 10.0 Å². The highest BCUT2D eigenvalue weighted by Crippen LogP contribution is 2.22. The zero-order chi connectivity index (χ0) is 17.8. The van der Waals surface area contributed by atoms with Crippen molar-refractivity contribution in [2.24, 2.45) is 0 Å². The molecule has 1 aliphatic carbocycles. The number of nitrogens with one attached hydrogen (secondary N) is 1. The summed E-state index contributed by atoms with van der Waals surface area (Å²) in [5.41, 5.74) is 0.666. The van der Waals surface area contributed by atoms with Crippen molar-refractivity contribution in [2.75, 3.05) is 0 Å². The van der Waals surface area contributed by atoms with Crippen LogP contribution < -0.4 is 10.1 Å². The van der Waals surface area contributed by atoms with Crippen LogP contribution in [0.25, 0.3) is 5.69 Å². The first-order valence-electron chi connectivity index (χ1n) is 8.36. The van der Waals surface area contributed by atoms with Crippen molar-refractivity contribution in [3.8, 4) is 11.7 Å². The first-order valence-corrected chi connectivity index (χ1v) is 9.12. The molecule has 3 rings (SSSR count). The normalized spacial score (nSPS) is 16.4. The summed E-state index contributed by atoms with van der Waals surface area (Å²) in [6, 6.07) is 5.43. The van der Waals surface area contributed by atoms with E-state index in [-0.39, 0.29) is 18.0 Å². The van der Waals surface area contributed by atoms with Gasteiger partial charge in [-0.3, -0.25) is 4.79 Å². The second-order valence-corrected chi connectivity index (χ2v) is 7.08. The topological polar surface area (TPSA) is 69.0 Å². The average molecular weight is 383 g/mol. The number of benzene rings is 1. The second-order valence-electron chi connectivity index (χ2n) is 6.20. The van der Waals surface area contributed by atoms with E-state index in [1.165, 1.54) is 17.4 Å². The minimum atomic E-state index is -0.666. The van der Waals surface area contributed by atoms with Gasteiger partial charge in [0.15, 0.2) is 6.10 Å². The maximum atomic E-state index is 12.2. The van der Waals surface area contributed by atoms with Crippen LogP contribution in [-0.4, -0.2) is 32.8 Å². The summed E-state index contributed by atoms with van der Waals surface area (Å²) in [7, 11) is 0. The van der Waals surface area contributed by atoms with Gasteiger partial charge in [0, 0.05) is 16.1 Å². The highest BCUT2D eigenvalue weighted by molar-refractivity contribution is 6.34. The summed E-state index contributed by atoms with van der Waals surface area (Å²) >= 11 is 12.0. The Kier molecular flexibility index (Phi) is 5.81. The SMILES string of the molecule is CC(Oc1ncn(-c2cc(Cl)cc(Cl)c2)n1)C(=O)NC1CCCCC1. The molecule has 8 heteroatoms. The van der Waals surface area contributed by atoms with Gasteiger partial charge in [0.05, 0.1) is 5.69 Å². The Morgan fingerprint density at radius 2 is 1.92 bits per heavy atom. The number of aromatic nitrogens is 3. The molecule has 1 amide bonds. The van der Waals surface area contributed by atoms with Gasteiger partial charge in [0.2, 0.25) is 0 Å². The van der Waals surface area contributed by atoms with Gasteiger partial charge in [-0.05, 0) is 38.0 Å². The van der Waals surface area contributed by atoms with Crippen LogP contribution >= 0.6 is 23.2 Å². The fraction of sp³-hybridized carbons (Fsp3) is 0.471. The lowest BCUT2D eigenvalue weighted by molar-refractivity contribution is -0.128. The number of halogens is 2. The number of rotatable bonds is 5. The highest BCUT2D eigenvalue weighted by Gasteiger charge is 2.21. The van der Waals surface area contributed by atoms with Crippen LogP contribution in [0, 0.1) is 0 Å². The molecule has 1 atom stereocenters. The van der Waals surface area contributed by atoms with Crippen molar-refractivity contribution < 1.29 is 9.53 Å². The third kappa shape index (κ3) is 4.86. The van der Waals surface area contributed by atoms with Crippen LogP contribution in [0.15, 0.2) is 24.5 Å². The Bertz CT molecular complexity index is 724. The van der Waals surface area contributed by atoms with Gasteiger partial charge in [0.1, 0.15) is 6.33 Å². The molecule has 1 aromatic heterocycles. The molecule has 2 aromatic rings. The first kappa shape index (κ1) is 18.0. The largest absolute Gasteiger partial charge is 0.449 e. The van der Waals surface area contributed by atoms with Crippen LogP contribution in [0.4, 0.5) is 0 Å². The zero-order valence-electron chi connectivity index (χ0n) is 13.9. The van der Waals surface area contributed by atoms with Crippen molar-refractivity contribution >= 4 is 29.1 Å². The van der Waals surface area contributed by atoms with E-state index >= 15 is 0 Å². The third-order valence-corrected chi connectivity index (χ3v) is 4.62. The molecule has 1 aromatic carbocycles. The molecule has 25 heavy (non-hydrogen) atoms.